The fourth-order valence-electron chi connectivity index (χ4n) is 4.95. The quantitative estimate of drug-likeness (QED) is 0.501. The average molecular weight is 548 g/mol. The van der Waals surface area contributed by atoms with Crippen LogP contribution in [0.5, 0.6) is 5.88 Å². The fourth-order valence-corrected chi connectivity index (χ4v) is 5.33. The number of carboxylic acids is 1. The van der Waals surface area contributed by atoms with E-state index in [0.29, 0.717) is 12.4 Å². The van der Waals surface area contributed by atoms with Gasteiger partial charge in [0.2, 0.25) is 5.88 Å². The van der Waals surface area contributed by atoms with Crippen LogP contribution in [0, 0.1) is 11.3 Å². The Labute approximate surface area is 215 Å². The highest BCUT2D eigenvalue weighted by Crippen LogP contribution is 2.48. The van der Waals surface area contributed by atoms with Crippen LogP contribution in [0.4, 0.5) is 4.79 Å². The highest BCUT2D eigenvalue weighted by atomic mass is 79.9. The van der Waals surface area contributed by atoms with Gasteiger partial charge in [-0.1, -0.05) is 51.1 Å². The summed E-state index contributed by atoms with van der Waals surface area (Å²) in [5, 5.41) is 13.9. The highest BCUT2D eigenvalue weighted by Gasteiger charge is 2.58. The molecule has 1 aromatic carbocycles. The number of pyridine rings is 1. The Morgan fingerprint density at radius 2 is 1.89 bits per heavy atom. The molecule has 0 spiro atoms. The number of hydrogen-bond acceptors (Lipinski definition) is 6. The summed E-state index contributed by atoms with van der Waals surface area (Å²) >= 11 is 3.46. The number of likely N-dealkylation sites (tertiary alicyclic amines) is 1. The van der Waals surface area contributed by atoms with Crippen molar-refractivity contribution in [1.82, 2.24) is 15.2 Å². The summed E-state index contributed by atoms with van der Waals surface area (Å²) in [5.74, 6) is -0.998. The van der Waals surface area contributed by atoms with Crippen LogP contribution in [-0.2, 0) is 16.1 Å². The van der Waals surface area contributed by atoms with E-state index in [4.69, 9.17) is 9.47 Å². The number of rotatable bonds is 7. The predicted octanol–water partition coefficient (Wildman–Crippen LogP) is 5.03. The summed E-state index contributed by atoms with van der Waals surface area (Å²) in [5.41, 5.74) is 1.21. The lowest BCUT2D eigenvalue weighted by Gasteiger charge is -2.35. The number of amides is 1. The average Bonchev–Trinajstić information content (AvgIpc) is 3.14. The maximum absolute atomic E-state index is 13.4. The van der Waals surface area contributed by atoms with E-state index in [1.165, 1.54) is 4.90 Å². The number of nitrogens with one attached hydrogen (secondary N) is 1. The molecule has 0 unspecified atom stereocenters. The van der Waals surface area contributed by atoms with Crippen molar-refractivity contribution in [3.63, 3.8) is 0 Å². The topological polar surface area (TPSA) is 101 Å². The number of carbonyl (C=O) groups excluding carboxylic acids is 1. The van der Waals surface area contributed by atoms with E-state index in [9.17, 15) is 14.7 Å². The standard InChI is InChI=1S/C26H34BrN3O5/c1-15(2)35-25(33)30-21(16-10-8-7-9-11-16)20(19(26(3,4)5)22(30)24(31)32)28-13-17-12-18(27)14-29-23(17)34-6/h7-12,14-15,19-22,28H,13H2,1-6H3,(H,31,32)/t19-,20-,21-,22-/m0/s1. The van der Waals surface area contributed by atoms with Crippen LogP contribution in [0.2, 0.25) is 0 Å². The Kier molecular flexibility index (Phi) is 8.43. The predicted molar refractivity (Wildman–Crippen MR) is 136 cm³/mol. The van der Waals surface area contributed by atoms with Crippen molar-refractivity contribution in [2.45, 2.75) is 65.4 Å². The molecule has 1 amide bonds. The summed E-state index contributed by atoms with van der Waals surface area (Å²) in [6.45, 7) is 9.89. The second kappa shape index (κ2) is 11.0. The van der Waals surface area contributed by atoms with Gasteiger partial charge >= 0.3 is 12.1 Å². The molecule has 190 valence electrons. The summed E-state index contributed by atoms with van der Waals surface area (Å²) in [6, 6.07) is 9.40. The van der Waals surface area contributed by atoms with Crippen molar-refractivity contribution in [1.29, 1.82) is 0 Å². The summed E-state index contributed by atoms with van der Waals surface area (Å²) in [7, 11) is 1.56. The van der Waals surface area contributed by atoms with Gasteiger partial charge in [0, 0.05) is 34.7 Å². The number of ether oxygens (including phenoxy) is 2. The molecule has 1 fully saturated rings. The molecule has 0 bridgehead atoms. The molecule has 1 aliphatic heterocycles. The summed E-state index contributed by atoms with van der Waals surface area (Å²) in [6.07, 6.45) is 0.638. The second-order valence-electron chi connectivity index (χ2n) is 10.1. The fraction of sp³-hybridized carbons (Fsp3) is 0.500. The molecule has 35 heavy (non-hydrogen) atoms. The van der Waals surface area contributed by atoms with Crippen molar-refractivity contribution in [2.24, 2.45) is 11.3 Å². The summed E-state index contributed by atoms with van der Waals surface area (Å²) in [4.78, 5) is 31.8. The third kappa shape index (κ3) is 5.95. The molecule has 2 heterocycles. The number of nitrogens with zero attached hydrogens (tertiary/aromatic N) is 2. The van der Waals surface area contributed by atoms with Gasteiger partial charge in [-0.15, -0.1) is 0 Å². The van der Waals surface area contributed by atoms with Crippen LogP contribution in [-0.4, -0.2) is 52.4 Å². The Morgan fingerprint density at radius 3 is 2.43 bits per heavy atom. The third-order valence-corrected chi connectivity index (χ3v) is 6.66. The Morgan fingerprint density at radius 1 is 1.23 bits per heavy atom. The molecule has 2 N–H and O–H groups in total. The van der Waals surface area contributed by atoms with Crippen LogP contribution in [0.25, 0.3) is 0 Å². The minimum Gasteiger partial charge on any atom is -0.481 e. The maximum atomic E-state index is 13.4. The van der Waals surface area contributed by atoms with Gasteiger partial charge in [0.05, 0.1) is 19.3 Å². The Hall–Kier alpha value is -2.65. The van der Waals surface area contributed by atoms with Gasteiger partial charge in [0.1, 0.15) is 6.04 Å². The van der Waals surface area contributed by atoms with Gasteiger partial charge in [-0.3, -0.25) is 4.90 Å². The van der Waals surface area contributed by atoms with Crippen molar-refractivity contribution in [3.8, 4) is 5.88 Å². The lowest BCUT2D eigenvalue weighted by molar-refractivity contribution is -0.144. The highest BCUT2D eigenvalue weighted by molar-refractivity contribution is 9.10. The lowest BCUT2D eigenvalue weighted by atomic mass is 9.72. The second-order valence-corrected chi connectivity index (χ2v) is 11.0. The van der Waals surface area contributed by atoms with Crippen LogP contribution in [0.15, 0.2) is 47.1 Å². The molecule has 1 aliphatic rings. The van der Waals surface area contributed by atoms with Crippen molar-refractivity contribution in [3.05, 3.63) is 58.2 Å². The van der Waals surface area contributed by atoms with Crippen LogP contribution in [0.1, 0.15) is 51.8 Å². The zero-order valence-electron chi connectivity index (χ0n) is 21.0. The largest absolute Gasteiger partial charge is 0.481 e. The van der Waals surface area contributed by atoms with Crippen LogP contribution >= 0.6 is 15.9 Å². The SMILES string of the molecule is COc1ncc(Br)cc1CN[C@H]1[C@H](C(C)(C)C)[C@@H](C(=O)O)N(C(=O)OC(C)C)[C@H]1c1ccccc1. The third-order valence-electron chi connectivity index (χ3n) is 6.22. The first kappa shape index (κ1) is 26.9. The first-order chi connectivity index (χ1) is 16.5. The van der Waals surface area contributed by atoms with Crippen LogP contribution in [0.3, 0.4) is 0 Å². The van der Waals surface area contributed by atoms with Crippen molar-refractivity contribution >= 4 is 28.0 Å². The minimum atomic E-state index is -1.08. The summed E-state index contributed by atoms with van der Waals surface area (Å²) < 4.78 is 11.8. The van der Waals surface area contributed by atoms with Gasteiger partial charge in [0.15, 0.2) is 0 Å². The molecule has 4 atom stereocenters. The smallest absolute Gasteiger partial charge is 0.411 e. The molecule has 9 heteroatoms. The number of halogens is 1. The van der Waals surface area contributed by atoms with E-state index in [0.717, 1.165) is 15.6 Å². The number of methoxy groups -OCH3 is 1. The molecule has 1 saturated heterocycles. The monoisotopic (exact) mass is 547 g/mol. The number of hydrogen-bond donors (Lipinski definition) is 2. The van der Waals surface area contributed by atoms with Gasteiger partial charge in [0.25, 0.3) is 0 Å². The van der Waals surface area contributed by atoms with Crippen LogP contribution < -0.4 is 10.1 Å². The number of carboxylic acid groups (broad SMARTS) is 1. The van der Waals surface area contributed by atoms with E-state index >= 15 is 0 Å². The Balaban J connectivity index is 2.13. The number of aliphatic carboxylic acids is 1. The van der Waals surface area contributed by atoms with E-state index in [2.05, 4.69) is 26.2 Å². The Bertz CT molecular complexity index is 1040. The normalized spacial score (nSPS) is 22.3. The van der Waals surface area contributed by atoms with Crippen molar-refractivity contribution in [2.75, 3.05) is 7.11 Å². The molecular weight excluding hydrogens is 514 g/mol. The van der Waals surface area contributed by atoms with Gasteiger partial charge in [-0.05, 0) is 46.8 Å². The molecular formula is C26H34BrN3O5. The van der Waals surface area contributed by atoms with Gasteiger partial charge in [-0.25, -0.2) is 14.6 Å². The zero-order valence-corrected chi connectivity index (χ0v) is 22.6. The molecule has 0 aliphatic carbocycles. The van der Waals surface area contributed by atoms with E-state index in [1.54, 1.807) is 27.2 Å². The van der Waals surface area contributed by atoms with E-state index in [1.807, 2.05) is 57.2 Å². The first-order valence-corrected chi connectivity index (χ1v) is 12.4. The zero-order chi connectivity index (χ0) is 25.9. The maximum Gasteiger partial charge on any atom is 0.411 e. The number of carbonyl (C=O) groups is 2. The van der Waals surface area contributed by atoms with Gasteiger partial charge < -0.3 is 19.9 Å². The van der Waals surface area contributed by atoms with Gasteiger partial charge in [-0.2, -0.15) is 0 Å². The first-order valence-electron chi connectivity index (χ1n) is 11.6. The minimum absolute atomic E-state index is 0.371. The number of aromatic nitrogens is 1. The molecule has 3 rings (SSSR count). The molecule has 8 nitrogen and oxygen atoms in total. The molecule has 0 saturated carbocycles. The molecule has 1 aromatic heterocycles. The lowest BCUT2D eigenvalue weighted by Crippen LogP contribution is -2.48. The van der Waals surface area contributed by atoms with E-state index < -0.39 is 35.5 Å². The van der Waals surface area contributed by atoms with E-state index in [-0.39, 0.29) is 12.1 Å². The van der Waals surface area contributed by atoms with Crippen molar-refractivity contribution < 1.29 is 24.2 Å². The molecule has 0 radical (unpaired) electrons. The number of benzene rings is 1. The molecule has 2 aromatic rings.